The predicted molar refractivity (Wildman–Crippen MR) is 195 cm³/mol. The first kappa shape index (κ1) is 45.7. The van der Waals surface area contributed by atoms with Gasteiger partial charge in [-0.25, -0.2) is 0 Å². The molecule has 0 aromatic heterocycles. The van der Waals surface area contributed by atoms with E-state index in [-0.39, 0.29) is 56.4 Å². The lowest BCUT2D eigenvalue weighted by Gasteiger charge is -2.28. The Kier molecular flexibility index (Phi) is 20.1. The second-order valence-electron chi connectivity index (χ2n) is 13.5. The van der Waals surface area contributed by atoms with Gasteiger partial charge in [0.25, 0.3) is 0 Å². The topological polar surface area (TPSA) is 337 Å². The van der Waals surface area contributed by atoms with Gasteiger partial charge in [0.2, 0.25) is 35.4 Å². The maximum absolute atomic E-state index is 13.8. The standard InChI is InChI=1S/C34H56N10O9/c1-18(2)13-24(31(51)40-22(11-8-12-39-34(37)38)30(50)41-23(28(36)48)16-27(46)47)43-32(52)25(14-19(3)4)44-33(53)26(42-29(49)21(35)17-45)15-20-9-6-5-7-10-20/h5-7,9-10,18-19,21-26,45H,8,11-17,35H2,1-4H3,(H2,36,48)(H,40,51)(H,41,50)(H,42,49)(H,43,52)(H,44,53)(H,46,47)(H4,37,38,39). The Balaban J connectivity index is 3.33. The minimum absolute atomic E-state index is 0.0423. The number of carboxylic acids is 1. The van der Waals surface area contributed by atoms with Gasteiger partial charge in [-0.15, -0.1) is 0 Å². The summed E-state index contributed by atoms with van der Waals surface area (Å²) in [6.07, 6.45) is -0.365. The molecular formula is C34H56N10O9. The molecule has 1 rings (SSSR count). The van der Waals surface area contributed by atoms with Gasteiger partial charge in [-0.2, -0.15) is 0 Å². The molecule has 0 aliphatic heterocycles. The first-order valence-electron chi connectivity index (χ1n) is 17.3. The van der Waals surface area contributed by atoms with Crippen molar-refractivity contribution in [3.63, 3.8) is 0 Å². The molecule has 296 valence electrons. The second kappa shape index (κ2) is 23.3. The molecule has 1 aromatic rings. The third-order valence-corrected chi connectivity index (χ3v) is 7.75. The second-order valence-corrected chi connectivity index (χ2v) is 13.5. The number of carbonyl (C=O) groups is 7. The number of benzene rings is 1. The average molecular weight is 749 g/mol. The summed E-state index contributed by atoms with van der Waals surface area (Å²) in [5.74, 6) is -6.83. The number of nitrogens with two attached hydrogens (primary N) is 4. The normalized spacial score (nSPS) is 14.4. The number of rotatable bonds is 24. The van der Waals surface area contributed by atoms with E-state index in [1.807, 2.05) is 13.8 Å². The lowest BCUT2D eigenvalue weighted by Crippen LogP contribution is -2.60. The molecule has 6 amide bonds. The number of primary amides is 1. The summed E-state index contributed by atoms with van der Waals surface area (Å²) < 4.78 is 0. The van der Waals surface area contributed by atoms with Crippen LogP contribution in [0.15, 0.2) is 35.3 Å². The van der Waals surface area contributed by atoms with Crippen LogP contribution >= 0.6 is 0 Å². The predicted octanol–water partition coefficient (Wildman–Crippen LogP) is -2.92. The van der Waals surface area contributed by atoms with E-state index in [0.29, 0.717) is 5.56 Å². The molecule has 0 spiro atoms. The number of amides is 6. The zero-order valence-corrected chi connectivity index (χ0v) is 30.7. The minimum Gasteiger partial charge on any atom is -0.481 e. The largest absolute Gasteiger partial charge is 0.481 e. The Hall–Kier alpha value is -5.30. The molecule has 53 heavy (non-hydrogen) atoms. The number of aliphatic carboxylic acids is 1. The monoisotopic (exact) mass is 748 g/mol. The van der Waals surface area contributed by atoms with Crippen molar-refractivity contribution in [2.24, 2.45) is 39.8 Å². The number of aliphatic hydroxyl groups is 1. The fraction of sp³-hybridized carbons (Fsp3) is 0.588. The molecule has 0 aliphatic rings. The average Bonchev–Trinajstić information content (AvgIpc) is 3.07. The SMILES string of the molecule is CC(C)CC(NC(=O)C(Cc1ccccc1)NC(=O)C(N)CO)C(=O)NC(CC(C)C)C(=O)NC(CCCN=C(N)N)C(=O)NC(CC(=O)O)C(N)=O. The fourth-order valence-corrected chi connectivity index (χ4v) is 5.09. The van der Waals surface area contributed by atoms with Gasteiger partial charge in [0.05, 0.1) is 13.0 Å². The zero-order chi connectivity index (χ0) is 40.2. The summed E-state index contributed by atoms with van der Waals surface area (Å²) in [6, 6.07) is 1.05. The van der Waals surface area contributed by atoms with E-state index in [9.17, 15) is 38.7 Å². The summed E-state index contributed by atoms with van der Waals surface area (Å²) in [4.78, 5) is 94.0. The third-order valence-electron chi connectivity index (χ3n) is 7.75. The van der Waals surface area contributed by atoms with E-state index in [1.165, 1.54) is 0 Å². The molecule has 0 saturated carbocycles. The summed E-state index contributed by atoms with van der Waals surface area (Å²) in [5.41, 5.74) is 22.4. The number of aliphatic hydroxyl groups excluding tert-OH is 1. The summed E-state index contributed by atoms with van der Waals surface area (Å²) in [7, 11) is 0. The van der Waals surface area contributed by atoms with E-state index >= 15 is 0 Å². The number of carbonyl (C=O) groups excluding carboxylic acids is 6. The lowest BCUT2D eigenvalue weighted by molar-refractivity contribution is -0.140. The van der Waals surface area contributed by atoms with Crippen molar-refractivity contribution in [1.29, 1.82) is 0 Å². The molecule has 0 fully saturated rings. The number of aliphatic imine (C=N–C) groups is 1. The van der Waals surface area contributed by atoms with Gasteiger partial charge in [0.1, 0.15) is 36.3 Å². The van der Waals surface area contributed by atoms with Crippen molar-refractivity contribution in [2.75, 3.05) is 13.2 Å². The van der Waals surface area contributed by atoms with E-state index < -0.39 is 90.7 Å². The number of carboxylic acid groups (broad SMARTS) is 1. The molecule has 1 aromatic carbocycles. The first-order valence-corrected chi connectivity index (χ1v) is 17.3. The molecule has 6 unspecified atom stereocenters. The van der Waals surface area contributed by atoms with E-state index in [1.54, 1.807) is 44.2 Å². The van der Waals surface area contributed by atoms with Crippen LogP contribution in [-0.2, 0) is 40.0 Å². The molecule has 0 saturated heterocycles. The Morgan fingerprint density at radius 1 is 0.679 bits per heavy atom. The molecule has 0 bridgehead atoms. The van der Waals surface area contributed by atoms with E-state index in [4.69, 9.17) is 28.0 Å². The molecule has 0 aliphatic carbocycles. The Labute approximate surface area is 308 Å². The highest BCUT2D eigenvalue weighted by molar-refractivity contribution is 5.97. The van der Waals surface area contributed by atoms with Crippen LogP contribution in [0.3, 0.4) is 0 Å². The van der Waals surface area contributed by atoms with Gasteiger partial charge >= 0.3 is 5.97 Å². The highest BCUT2D eigenvalue weighted by Gasteiger charge is 2.33. The highest BCUT2D eigenvalue weighted by atomic mass is 16.4. The van der Waals surface area contributed by atoms with Crippen molar-refractivity contribution >= 4 is 47.4 Å². The van der Waals surface area contributed by atoms with E-state index in [2.05, 4.69) is 31.6 Å². The fourth-order valence-electron chi connectivity index (χ4n) is 5.09. The Morgan fingerprint density at radius 3 is 1.58 bits per heavy atom. The van der Waals surface area contributed by atoms with Crippen molar-refractivity contribution in [3.8, 4) is 0 Å². The maximum Gasteiger partial charge on any atom is 0.305 e. The van der Waals surface area contributed by atoms with Gasteiger partial charge in [-0.3, -0.25) is 38.6 Å². The Bertz CT molecular complexity index is 1420. The molecule has 19 nitrogen and oxygen atoms in total. The number of guanidine groups is 1. The number of nitrogens with one attached hydrogen (secondary N) is 5. The van der Waals surface area contributed by atoms with Crippen LogP contribution in [0.1, 0.15) is 65.4 Å². The quantitative estimate of drug-likeness (QED) is 0.0288. The molecular weight excluding hydrogens is 692 g/mol. The highest BCUT2D eigenvalue weighted by Crippen LogP contribution is 2.12. The Morgan fingerprint density at radius 2 is 1.13 bits per heavy atom. The van der Waals surface area contributed by atoms with Gasteiger partial charge in [-0.05, 0) is 43.1 Å². The van der Waals surface area contributed by atoms with Crippen LogP contribution in [0.2, 0.25) is 0 Å². The van der Waals surface area contributed by atoms with Gasteiger partial charge in [0.15, 0.2) is 5.96 Å². The van der Waals surface area contributed by atoms with Crippen molar-refractivity contribution in [1.82, 2.24) is 26.6 Å². The number of hydrogen-bond acceptors (Lipinski definition) is 10. The van der Waals surface area contributed by atoms with Crippen molar-refractivity contribution < 1.29 is 43.8 Å². The van der Waals surface area contributed by atoms with Crippen LogP contribution in [0, 0.1) is 11.8 Å². The summed E-state index contributed by atoms with van der Waals surface area (Å²) in [5, 5.41) is 31.2. The lowest BCUT2D eigenvalue weighted by atomic mass is 9.98. The summed E-state index contributed by atoms with van der Waals surface area (Å²) >= 11 is 0. The number of nitrogens with zero attached hydrogens (tertiary/aromatic N) is 1. The van der Waals surface area contributed by atoms with Crippen LogP contribution in [0.25, 0.3) is 0 Å². The minimum atomic E-state index is -1.57. The molecule has 0 heterocycles. The third kappa shape index (κ3) is 18.2. The van der Waals surface area contributed by atoms with E-state index in [0.717, 1.165) is 0 Å². The smallest absolute Gasteiger partial charge is 0.305 e. The zero-order valence-electron chi connectivity index (χ0n) is 30.7. The van der Waals surface area contributed by atoms with Crippen LogP contribution < -0.4 is 49.5 Å². The van der Waals surface area contributed by atoms with Crippen LogP contribution in [0.4, 0.5) is 0 Å². The molecule has 6 atom stereocenters. The van der Waals surface area contributed by atoms with Crippen LogP contribution in [-0.4, -0.2) is 107 Å². The van der Waals surface area contributed by atoms with Gasteiger partial charge in [-0.1, -0.05) is 58.0 Å². The van der Waals surface area contributed by atoms with Crippen molar-refractivity contribution in [3.05, 3.63) is 35.9 Å². The first-order chi connectivity index (χ1) is 24.8. The molecule has 0 radical (unpaired) electrons. The van der Waals surface area contributed by atoms with Crippen LogP contribution in [0.5, 0.6) is 0 Å². The molecule has 19 heteroatoms. The van der Waals surface area contributed by atoms with Gasteiger partial charge < -0.3 is 59.7 Å². The summed E-state index contributed by atoms with van der Waals surface area (Å²) in [6.45, 7) is 6.67. The maximum atomic E-state index is 13.8. The van der Waals surface area contributed by atoms with Gasteiger partial charge in [0, 0.05) is 13.0 Å². The number of hydrogen-bond donors (Lipinski definition) is 11. The van der Waals surface area contributed by atoms with Crippen molar-refractivity contribution in [2.45, 2.75) is 102 Å². The molecule has 15 N–H and O–H groups in total.